The minimum absolute atomic E-state index is 0. The Morgan fingerprint density at radius 3 is 2.44 bits per heavy atom. The molecule has 1 aliphatic rings. The van der Waals surface area contributed by atoms with E-state index in [1.165, 1.54) is 4.31 Å². The van der Waals surface area contributed by atoms with Gasteiger partial charge in [0, 0.05) is 25.2 Å². The lowest BCUT2D eigenvalue weighted by molar-refractivity contribution is -0.116. The van der Waals surface area contributed by atoms with Gasteiger partial charge in [0.05, 0.1) is 4.90 Å². The monoisotopic (exact) mass is 417 g/mol. The van der Waals surface area contributed by atoms with Crippen LogP contribution in [0.15, 0.2) is 23.1 Å². The predicted octanol–water partition coefficient (Wildman–Crippen LogP) is 3.17. The number of hydrogen-bond acceptors (Lipinski definition) is 4. The molecule has 0 atom stereocenters. The first-order chi connectivity index (χ1) is 12.4. The molecule has 154 valence electrons. The van der Waals surface area contributed by atoms with Crippen LogP contribution in [0, 0.1) is 12.8 Å². The van der Waals surface area contributed by atoms with Crippen molar-refractivity contribution in [2.24, 2.45) is 5.92 Å². The number of sulfonamides is 1. The fourth-order valence-corrected chi connectivity index (χ4v) is 5.10. The van der Waals surface area contributed by atoms with Gasteiger partial charge in [0.1, 0.15) is 0 Å². The van der Waals surface area contributed by atoms with Crippen molar-refractivity contribution in [3.63, 3.8) is 0 Å². The van der Waals surface area contributed by atoms with E-state index in [0.29, 0.717) is 36.7 Å². The molecule has 0 aliphatic carbocycles. The number of rotatable bonds is 8. The number of anilines is 1. The Hall–Kier alpha value is -1.15. The molecule has 0 aromatic heterocycles. The fraction of sp³-hybridized carbons (Fsp3) is 0.632. The number of benzene rings is 1. The van der Waals surface area contributed by atoms with Crippen LogP contribution in [0.3, 0.4) is 0 Å². The number of carbonyl (C=O) groups is 1. The first-order valence-corrected chi connectivity index (χ1v) is 10.9. The van der Waals surface area contributed by atoms with Crippen molar-refractivity contribution in [1.29, 1.82) is 0 Å². The molecule has 1 aromatic rings. The first kappa shape index (κ1) is 23.9. The molecule has 1 aromatic carbocycles. The third-order valence-electron chi connectivity index (χ3n) is 5.03. The Kier molecular flexibility index (Phi) is 9.73. The van der Waals surface area contributed by atoms with E-state index in [4.69, 9.17) is 0 Å². The molecule has 0 unspecified atom stereocenters. The second-order valence-electron chi connectivity index (χ2n) is 6.85. The summed E-state index contributed by atoms with van der Waals surface area (Å²) >= 11 is 0. The standard InChI is InChI=1S/C19H31N3O3S.ClH/c1-4-22(5-2)26(24,25)18-14-17(8-6-15(18)3)21-19(23)9-7-16-10-12-20-13-11-16;/h6,8,14,16,20H,4-5,7,9-13H2,1-3H3,(H,21,23);1H. The molecule has 2 N–H and O–H groups in total. The van der Waals surface area contributed by atoms with E-state index < -0.39 is 10.0 Å². The molecule has 2 rings (SSSR count). The minimum Gasteiger partial charge on any atom is -0.326 e. The van der Waals surface area contributed by atoms with Crippen molar-refractivity contribution in [1.82, 2.24) is 9.62 Å². The molecule has 1 fully saturated rings. The van der Waals surface area contributed by atoms with Gasteiger partial charge in [-0.3, -0.25) is 4.79 Å². The van der Waals surface area contributed by atoms with Crippen molar-refractivity contribution < 1.29 is 13.2 Å². The van der Waals surface area contributed by atoms with Crippen molar-refractivity contribution in [2.45, 2.75) is 51.3 Å². The largest absolute Gasteiger partial charge is 0.326 e. The number of piperidine rings is 1. The zero-order chi connectivity index (χ0) is 19.2. The van der Waals surface area contributed by atoms with Crippen LogP contribution in [-0.4, -0.2) is 44.8 Å². The summed E-state index contributed by atoms with van der Waals surface area (Å²) in [6, 6.07) is 5.09. The predicted molar refractivity (Wildman–Crippen MR) is 112 cm³/mol. The topological polar surface area (TPSA) is 78.5 Å². The van der Waals surface area contributed by atoms with Crippen molar-refractivity contribution in [2.75, 3.05) is 31.5 Å². The summed E-state index contributed by atoms with van der Waals surface area (Å²) < 4.78 is 27.0. The Bertz CT molecular complexity index is 715. The third-order valence-corrected chi connectivity index (χ3v) is 7.23. The number of amides is 1. The van der Waals surface area contributed by atoms with Gasteiger partial charge in [-0.1, -0.05) is 19.9 Å². The SMILES string of the molecule is CCN(CC)S(=O)(=O)c1cc(NC(=O)CCC2CCNCC2)ccc1C.Cl. The van der Waals surface area contributed by atoms with Gasteiger partial charge >= 0.3 is 0 Å². The van der Waals surface area contributed by atoms with Crippen LogP contribution in [0.25, 0.3) is 0 Å². The zero-order valence-electron chi connectivity index (χ0n) is 16.5. The Morgan fingerprint density at radius 1 is 1.22 bits per heavy atom. The number of nitrogens with zero attached hydrogens (tertiary/aromatic N) is 1. The molecule has 0 radical (unpaired) electrons. The number of aryl methyl sites for hydroxylation is 1. The van der Waals surface area contributed by atoms with Gasteiger partial charge in [-0.25, -0.2) is 8.42 Å². The van der Waals surface area contributed by atoms with Gasteiger partial charge in [0.25, 0.3) is 0 Å². The molecule has 27 heavy (non-hydrogen) atoms. The maximum absolute atomic E-state index is 12.8. The molecule has 0 bridgehead atoms. The summed E-state index contributed by atoms with van der Waals surface area (Å²) in [4.78, 5) is 12.5. The second-order valence-corrected chi connectivity index (χ2v) is 8.76. The van der Waals surface area contributed by atoms with E-state index in [2.05, 4.69) is 10.6 Å². The van der Waals surface area contributed by atoms with Gasteiger partial charge < -0.3 is 10.6 Å². The van der Waals surface area contributed by atoms with Gasteiger partial charge in [0.2, 0.25) is 15.9 Å². The van der Waals surface area contributed by atoms with Crippen molar-refractivity contribution >= 4 is 34.0 Å². The van der Waals surface area contributed by atoms with E-state index >= 15 is 0 Å². The quantitative estimate of drug-likeness (QED) is 0.680. The van der Waals surface area contributed by atoms with Crippen LogP contribution in [-0.2, 0) is 14.8 Å². The van der Waals surface area contributed by atoms with Gasteiger partial charge in [-0.05, 0) is 62.9 Å². The first-order valence-electron chi connectivity index (χ1n) is 9.49. The summed E-state index contributed by atoms with van der Waals surface area (Å²) in [6.45, 7) is 8.31. The van der Waals surface area contributed by atoms with Crippen LogP contribution in [0.1, 0.15) is 45.1 Å². The van der Waals surface area contributed by atoms with Gasteiger partial charge in [-0.15, -0.1) is 12.4 Å². The zero-order valence-corrected chi connectivity index (χ0v) is 18.1. The highest BCUT2D eigenvalue weighted by molar-refractivity contribution is 7.89. The highest BCUT2D eigenvalue weighted by Crippen LogP contribution is 2.24. The van der Waals surface area contributed by atoms with E-state index in [-0.39, 0.29) is 23.2 Å². The third kappa shape index (κ3) is 6.45. The number of carbonyl (C=O) groups excluding carboxylic acids is 1. The van der Waals surface area contributed by atoms with Crippen molar-refractivity contribution in [3.05, 3.63) is 23.8 Å². The number of nitrogens with one attached hydrogen (secondary N) is 2. The lowest BCUT2D eigenvalue weighted by Crippen LogP contribution is -2.31. The van der Waals surface area contributed by atoms with Crippen LogP contribution in [0.4, 0.5) is 5.69 Å². The molecule has 0 saturated carbocycles. The van der Waals surface area contributed by atoms with Crippen LogP contribution < -0.4 is 10.6 Å². The highest BCUT2D eigenvalue weighted by Gasteiger charge is 2.24. The van der Waals surface area contributed by atoms with E-state index in [1.54, 1.807) is 25.1 Å². The molecule has 1 saturated heterocycles. The van der Waals surface area contributed by atoms with Crippen LogP contribution >= 0.6 is 12.4 Å². The summed E-state index contributed by atoms with van der Waals surface area (Å²) in [6.07, 6.45) is 3.58. The van der Waals surface area contributed by atoms with E-state index in [1.807, 2.05) is 13.8 Å². The maximum Gasteiger partial charge on any atom is 0.243 e. The molecule has 0 spiro atoms. The lowest BCUT2D eigenvalue weighted by Gasteiger charge is -2.22. The maximum atomic E-state index is 12.8. The molecule has 6 nitrogen and oxygen atoms in total. The molecular formula is C19H32ClN3O3S. The van der Waals surface area contributed by atoms with E-state index in [0.717, 1.165) is 32.4 Å². The second kappa shape index (κ2) is 11.0. The highest BCUT2D eigenvalue weighted by atomic mass is 35.5. The average Bonchev–Trinajstić information content (AvgIpc) is 2.63. The summed E-state index contributed by atoms with van der Waals surface area (Å²) in [5.41, 5.74) is 1.22. The molecular weight excluding hydrogens is 386 g/mol. The summed E-state index contributed by atoms with van der Waals surface area (Å²) in [5, 5.41) is 6.18. The minimum atomic E-state index is -3.54. The van der Waals surface area contributed by atoms with Gasteiger partial charge in [-0.2, -0.15) is 4.31 Å². The van der Waals surface area contributed by atoms with Gasteiger partial charge in [0.15, 0.2) is 0 Å². The van der Waals surface area contributed by atoms with Crippen LogP contribution in [0.5, 0.6) is 0 Å². The number of hydrogen-bond donors (Lipinski definition) is 2. The Labute approximate surface area is 169 Å². The van der Waals surface area contributed by atoms with Crippen LogP contribution in [0.2, 0.25) is 0 Å². The molecule has 1 heterocycles. The molecule has 8 heteroatoms. The fourth-order valence-electron chi connectivity index (χ4n) is 3.39. The summed E-state index contributed by atoms with van der Waals surface area (Å²) in [7, 11) is -3.54. The lowest BCUT2D eigenvalue weighted by atomic mass is 9.93. The summed E-state index contributed by atoms with van der Waals surface area (Å²) in [5.74, 6) is 0.539. The normalized spacial score (nSPS) is 15.4. The Morgan fingerprint density at radius 2 is 1.85 bits per heavy atom. The number of halogens is 1. The molecule has 1 amide bonds. The van der Waals surface area contributed by atoms with E-state index in [9.17, 15) is 13.2 Å². The smallest absolute Gasteiger partial charge is 0.243 e. The molecule has 1 aliphatic heterocycles. The Balaban J connectivity index is 0.00000364. The van der Waals surface area contributed by atoms with Crippen molar-refractivity contribution in [3.8, 4) is 0 Å². The average molecular weight is 418 g/mol.